The molecule has 1 unspecified atom stereocenters. The molecule has 6 bridgehead atoms. The molecule has 9 rings (SSSR count). The Morgan fingerprint density at radius 2 is 2.02 bits per heavy atom. The summed E-state index contributed by atoms with van der Waals surface area (Å²) >= 11 is 6.83. The standard InChI is InChI=1S/C33H37ClF2N8O3/c1-42-20-16-43(9-10-46-17-20)31-23-13-37-30(27-21(5-2-3-6-26(42)45)24(34)11-25-22(27)14-38-41-25)28(36)29(23)39-32(40-31)47-18-33-7-4-8-44(33)15-19(35)12-33/h11,13-14,19-20H,2-10,12,15-18H2,1H3,(H,38,41)/t19-,20?,33+/m1/s1. The number of aromatic amines is 1. The van der Waals surface area contributed by atoms with Gasteiger partial charge < -0.3 is 19.3 Å². The molecule has 0 spiro atoms. The van der Waals surface area contributed by atoms with E-state index in [-0.39, 0.29) is 35.8 Å². The Balaban J connectivity index is 1.30. The fourth-order valence-electron chi connectivity index (χ4n) is 7.94. The number of hydrogen-bond donors (Lipinski definition) is 1. The predicted molar refractivity (Wildman–Crippen MR) is 173 cm³/mol. The quantitative estimate of drug-likeness (QED) is 0.332. The number of rotatable bonds is 3. The van der Waals surface area contributed by atoms with Gasteiger partial charge in [-0.15, -0.1) is 0 Å². The third-order valence-corrected chi connectivity index (χ3v) is 10.8. The molecule has 1 amide bonds. The van der Waals surface area contributed by atoms with E-state index in [0.29, 0.717) is 97.6 Å². The van der Waals surface area contributed by atoms with Crippen molar-refractivity contribution in [2.45, 2.75) is 62.7 Å². The fraction of sp³-hybridized carbons (Fsp3) is 0.545. The van der Waals surface area contributed by atoms with Crippen molar-refractivity contribution in [2.75, 3.05) is 57.9 Å². The number of alkyl halides is 1. The molecule has 5 aliphatic rings. The van der Waals surface area contributed by atoms with Crippen LogP contribution in [0.25, 0.3) is 33.1 Å². The second-order valence-electron chi connectivity index (χ2n) is 13.3. The van der Waals surface area contributed by atoms with Crippen LogP contribution in [0.15, 0.2) is 18.5 Å². The summed E-state index contributed by atoms with van der Waals surface area (Å²) in [5.41, 5.74) is 1.67. The van der Waals surface area contributed by atoms with E-state index in [0.717, 1.165) is 24.9 Å². The zero-order valence-corrected chi connectivity index (χ0v) is 27.0. The van der Waals surface area contributed by atoms with Crippen LogP contribution >= 0.6 is 11.6 Å². The third-order valence-electron chi connectivity index (χ3n) is 10.5. The van der Waals surface area contributed by atoms with Crippen LogP contribution in [0.2, 0.25) is 5.02 Å². The van der Waals surface area contributed by atoms with Crippen molar-refractivity contribution in [2.24, 2.45) is 0 Å². The number of halogens is 3. The van der Waals surface area contributed by atoms with Gasteiger partial charge in [0.15, 0.2) is 5.82 Å². The van der Waals surface area contributed by atoms with Gasteiger partial charge >= 0.3 is 6.01 Å². The Kier molecular flexibility index (Phi) is 7.88. The van der Waals surface area contributed by atoms with E-state index in [1.165, 1.54) is 0 Å². The van der Waals surface area contributed by atoms with Crippen LogP contribution in [-0.2, 0) is 16.0 Å². The predicted octanol–water partition coefficient (Wildman–Crippen LogP) is 4.71. The fourth-order valence-corrected chi connectivity index (χ4v) is 8.24. The highest BCUT2D eigenvalue weighted by atomic mass is 35.5. The second-order valence-corrected chi connectivity index (χ2v) is 13.7. The van der Waals surface area contributed by atoms with Gasteiger partial charge in [-0.2, -0.15) is 15.1 Å². The zero-order chi connectivity index (χ0) is 32.3. The molecule has 4 aromatic rings. The number of nitrogens with one attached hydrogen (secondary N) is 1. The lowest BCUT2D eigenvalue weighted by Crippen LogP contribution is -2.46. The highest BCUT2D eigenvalue weighted by Gasteiger charge is 2.49. The molecule has 1 aromatic carbocycles. The molecule has 11 nitrogen and oxygen atoms in total. The summed E-state index contributed by atoms with van der Waals surface area (Å²) in [5.74, 6) is -0.142. The monoisotopic (exact) mass is 666 g/mol. The largest absolute Gasteiger partial charge is 0.461 e. The van der Waals surface area contributed by atoms with E-state index < -0.39 is 17.5 Å². The van der Waals surface area contributed by atoms with Crippen molar-refractivity contribution < 1.29 is 23.0 Å². The summed E-state index contributed by atoms with van der Waals surface area (Å²) < 4.78 is 43.9. The van der Waals surface area contributed by atoms with Crippen LogP contribution in [0.4, 0.5) is 14.6 Å². The molecule has 14 heteroatoms. The number of carbonyl (C=O) groups excluding carboxylic acids is 1. The Morgan fingerprint density at radius 1 is 1.15 bits per heavy atom. The Morgan fingerprint density at radius 3 is 2.91 bits per heavy atom. The number of pyridine rings is 1. The van der Waals surface area contributed by atoms with Gasteiger partial charge in [0.1, 0.15) is 29.8 Å². The van der Waals surface area contributed by atoms with Gasteiger partial charge in [-0.1, -0.05) is 11.6 Å². The number of amides is 1. The lowest BCUT2D eigenvalue weighted by atomic mass is 9.94. The maximum absolute atomic E-state index is 17.1. The van der Waals surface area contributed by atoms with Gasteiger partial charge in [0.25, 0.3) is 0 Å². The average Bonchev–Trinajstić information content (AvgIpc) is 3.69. The summed E-state index contributed by atoms with van der Waals surface area (Å²) in [4.78, 5) is 33.5. The lowest BCUT2D eigenvalue weighted by molar-refractivity contribution is -0.132. The highest BCUT2D eigenvalue weighted by Crippen LogP contribution is 2.42. The molecule has 5 aliphatic heterocycles. The molecule has 3 fully saturated rings. The second kappa shape index (κ2) is 12.1. The van der Waals surface area contributed by atoms with E-state index in [4.69, 9.17) is 31.0 Å². The number of aromatic nitrogens is 5. The topological polar surface area (TPSA) is 113 Å². The first-order valence-corrected chi connectivity index (χ1v) is 16.8. The van der Waals surface area contributed by atoms with Crippen LogP contribution in [-0.4, -0.2) is 112 Å². The van der Waals surface area contributed by atoms with Gasteiger partial charge in [0.2, 0.25) is 5.91 Å². The minimum absolute atomic E-state index is 0.0131. The van der Waals surface area contributed by atoms with Crippen molar-refractivity contribution in [3.05, 3.63) is 34.9 Å². The average molecular weight is 667 g/mol. The van der Waals surface area contributed by atoms with E-state index in [1.54, 1.807) is 30.4 Å². The van der Waals surface area contributed by atoms with Crippen LogP contribution in [0.5, 0.6) is 6.01 Å². The summed E-state index contributed by atoms with van der Waals surface area (Å²) in [6.45, 7) is 3.07. The molecular formula is C33H37ClF2N8O3. The molecule has 0 saturated carbocycles. The number of anilines is 1. The van der Waals surface area contributed by atoms with Crippen LogP contribution < -0.4 is 9.64 Å². The van der Waals surface area contributed by atoms with Gasteiger partial charge in [-0.3, -0.25) is 19.8 Å². The number of hydrogen-bond acceptors (Lipinski definition) is 9. The van der Waals surface area contributed by atoms with E-state index in [9.17, 15) is 9.18 Å². The maximum Gasteiger partial charge on any atom is 0.319 e. The van der Waals surface area contributed by atoms with Gasteiger partial charge in [-0.05, 0) is 50.3 Å². The number of benzene rings is 1. The minimum atomic E-state index is -0.912. The van der Waals surface area contributed by atoms with Gasteiger partial charge in [-0.25, -0.2) is 8.78 Å². The minimum Gasteiger partial charge on any atom is -0.461 e. The zero-order valence-electron chi connectivity index (χ0n) is 26.3. The van der Waals surface area contributed by atoms with Crippen molar-refractivity contribution in [3.8, 4) is 17.3 Å². The molecule has 1 N–H and O–H groups in total. The van der Waals surface area contributed by atoms with Crippen LogP contribution in [0.1, 0.15) is 44.1 Å². The third kappa shape index (κ3) is 5.36. The molecule has 8 heterocycles. The lowest BCUT2D eigenvalue weighted by Gasteiger charge is -2.32. The van der Waals surface area contributed by atoms with Gasteiger partial charge in [0.05, 0.1) is 41.9 Å². The summed E-state index contributed by atoms with van der Waals surface area (Å²) in [6.07, 6.45) is 6.70. The SMILES string of the molecule is CN1C(=O)CCCCc2c(Cl)cc3[nH]ncc3c2-c2ncc3c(nc(OC[C@@]45CCCN4C[C@H](F)C5)nc3c2F)N2CCOCC1C2. The summed E-state index contributed by atoms with van der Waals surface area (Å²) in [6, 6.07) is 1.55. The number of carbonyl (C=O) groups is 1. The number of ether oxygens (including phenoxy) is 2. The summed E-state index contributed by atoms with van der Waals surface area (Å²) in [7, 11) is 1.80. The first-order valence-electron chi connectivity index (χ1n) is 16.4. The number of H-pyrrole nitrogens is 1. The number of fused-ring (bicyclic) bond motifs is 8. The molecule has 47 heavy (non-hydrogen) atoms. The van der Waals surface area contributed by atoms with E-state index in [1.807, 2.05) is 4.90 Å². The van der Waals surface area contributed by atoms with E-state index in [2.05, 4.69) is 20.1 Å². The van der Waals surface area contributed by atoms with Crippen molar-refractivity contribution >= 4 is 45.1 Å². The molecule has 3 saturated heterocycles. The Labute approximate surface area is 275 Å². The highest BCUT2D eigenvalue weighted by molar-refractivity contribution is 6.33. The maximum atomic E-state index is 17.1. The van der Waals surface area contributed by atoms with Crippen LogP contribution in [0, 0.1) is 5.82 Å². The van der Waals surface area contributed by atoms with Crippen molar-refractivity contribution in [1.82, 2.24) is 34.9 Å². The number of nitrogens with zero attached hydrogens (tertiary/aromatic N) is 7. The Hall–Kier alpha value is -3.68. The molecule has 248 valence electrons. The first kappa shape index (κ1) is 30.6. The molecule has 0 aliphatic carbocycles. The van der Waals surface area contributed by atoms with Gasteiger partial charge in [0, 0.05) is 61.7 Å². The molecule has 3 atom stereocenters. The number of likely N-dealkylation sites (N-methyl/N-ethyl adjacent to an activating group) is 1. The van der Waals surface area contributed by atoms with E-state index >= 15 is 4.39 Å². The molecular weight excluding hydrogens is 630 g/mol. The van der Waals surface area contributed by atoms with Crippen molar-refractivity contribution in [1.29, 1.82) is 0 Å². The van der Waals surface area contributed by atoms with Crippen molar-refractivity contribution in [3.63, 3.8) is 0 Å². The Bertz CT molecular complexity index is 1860. The molecule has 3 aromatic heterocycles. The smallest absolute Gasteiger partial charge is 0.319 e. The first-order chi connectivity index (χ1) is 22.8. The molecule has 0 radical (unpaired) electrons. The normalized spacial score (nSPS) is 25.6. The van der Waals surface area contributed by atoms with Crippen LogP contribution in [0.3, 0.4) is 0 Å². The summed E-state index contributed by atoms with van der Waals surface area (Å²) in [5, 5.41) is 8.72.